The summed E-state index contributed by atoms with van der Waals surface area (Å²) in [6, 6.07) is 0. The SMILES string of the molecule is OC[C@@H](O)[C@H]1O[C@@H]2OC3(CCCCC3)O[C@@H]2[C@H]1F. The Morgan fingerprint density at radius 2 is 1.94 bits per heavy atom. The Kier molecular flexibility index (Phi) is 3.32. The average Bonchev–Trinajstić information content (AvgIpc) is 2.86. The third-order valence-corrected chi connectivity index (χ3v) is 4.05. The highest BCUT2D eigenvalue weighted by molar-refractivity contribution is 4.98. The zero-order chi connectivity index (χ0) is 12.8. The molecule has 3 rings (SSSR count). The lowest BCUT2D eigenvalue weighted by molar-refractivity contribution is -0.250. The minimum Gasteiger partial charge on any atom is -0.394 e. The first-order valence-corrected chi connectivity index (χ1v) is 6.59. The van der Waals surface area contributed by atoms with Crippen LogP contribution in [0.5, 0.6) is 0 Å². The monoisotopic (exact) mass is 262 g/mol. The van der Waals surface area contributed by atoms with Gasteiger partial charge in [-0.1, -0.05) is 6.42 Å². The van der Waals surface area contributed by atoms with E-state index in [1.807, 2.05) is 0 Å². The van der Waals surface area contributed by atoms with Crippen LogP contribution in [0.15, 0.2) is 0 Å². The summed E-state index contributed by atoms with van der Waals surface area (Å²) in [6.07, 6.45) is -0.594. The normalized spacial score (nSPS) is 44.2. The maximum atomic E-state index is 14.1. The highest BCUT2D eigenvalue weighted by Gasteiger charge is 2.59. The van der Waals surface area contributed by atoms with E-state index in [0.29, 0.717) is 0 Å². The van der Waals surface area contributed by atoms with Crippen molar-refractivity contribution in [3.05, 3.63) is 0 Å². The van der Waals surface area contributed by atoms with Crippen LogP contribution in [0.3, 0.4) is 0 Å². The van der Waals surface area contributed by atoms with Crippen LogP contribution in [0.4, 0.5) is 4.39 Å². The van der Waals surface area contributed by atoms with Gasteiger partial charge in [0.1, 0.15) is 18.3 Å². The van der Waals surface area contributed by atoms with Crippen LogP contribution >= 0.6 is 0 Å². The van der Waals surface area contributed by atoms with E-state index in [-0.39, 0.29) is 0 Å². The molecule has 1 spiro atoms. The molecule has 0 radical (unpaired) electrons. The van der Waals surface area contributed by atoms with Gasteiger partial charge in [0.25, 0.3) is 0 Å². The smallest absolute Gasteiger partial charge is 0.190 e. The molecule has 6 heteroatoms. The molecule has 0 aromatic heterocycles. The number of alkyl halides is 1. The van der Waals surface area contributed by atoms with Crippen molar-refractivity contribution < 1.29 is 28.8 Å². The second-order valence-electron chi connectivity index (χ2n) is 5.34. The standard InChI is InChI=1S/C12H19FO5/c13-8-9(7(15)6-14)16-11-10(8)17-12(18-11)4-2-1-3-5-12/h7-11,14-15H,1-6H2/t7-,8+,9-,10-,11-/m1/s1. The van der Waals surface area contributed by atoms with E-state index in [9.17, 15) is 9.50 Å². The molecule has 18 heavy (non-hydrogen) atoms. The molecule has 0 unspecified atom stereocenters. The molecule has 2 aliphatic heterocycles. The van der Waals surface area contributed by atoms with Gasteiger partial charge in [-0.2, -0.15) is 0 Å². The first-order chi connectivity index (χ1) is 8.65. The Balaban J connectivity index is 1.68. The van der Waals surface area contributed by atoms with Crippen molar-refractivity contribution in [2.24, 2.45) is 0 Å². The second kappa shape index (κ2) is 4.68. The summed E-state index contributed by atoms with van der Waals surface area (Å²) in [7, 11) is 0. The second-order valence-corrected chi connectivity index (χ2v) is 5.34. The summed E-state index contributed by atoms with van der Waals surface area (Å²) in [4.78, 5) is 0. The molecule has 2 heterocycles. The minimum absolute atomic E-state index is 0.532. The first kappa shape index (κ1) is 12.7. The summed E-state index contributed by atoms with van der Waals surface area (Å²) >= 11 is 0. The van der Waals surface area contributed by atoms with E-state index < -0.39 is 43.2 Å². The molecule has 3 aliphatic rings. The van der Waals surface area contributed by atoms with E-state index in [1.54, 1.807) is 0 Å². The fourth-order valence-corrected chi connectivity index (χ4v) is 3.08. The third-order valence-electron chi connectivity index (χ3n) is 4.05. The van der Waals surface area contributed by atoms with E-state index in [0.717, 1.165) is 32.1 Å². The Labute approximate surface area is 105 Å². The number of hydrogen-bond acceptors (Lipinski definition) is 5. The van der Waals surface area contributed by atoms with E-state index in [2.05, 4.69) is 0 Å². The fourth-order valence-electron chi connectivity index (χ4n) is 3.08. The van der Waals surface area contributed by atoms with Crippen molar-refractivity contribution in [1.29, 1.82) is 0 Å². The summed E-state index contributed by atoms with van der Waals surface area (Å²) in [5.74, 6) is -0.687. The van der Waals surface area contributed by atoms with Crippen molar-refractivity contribution in [2.45, 2.75) is 68.7 Å². The molecule has 2 N–H and O–H groups in total. The quantitative estimate of drug-likeness (QED) is 0.757. The topological polar surface area (TPSA) is 68.2 Å². The highest BCUT2D eigenvalue weighted by atomic mass is 19.1. The molecule has 5 nitrogen and oxygen atoms in total. The van der Waals surface area contributed by atoms with Gasteiger partial charge in [-0.3, -0.25) is 0 Å². The molecule has 104 valence electrons. The maximum absolute atomic E-state index is 14.1. The summed E-state index contributed by atoms with van der Waals surface area (Å²) in [5, 5.41) is 18.3. The predicted octanol–water partition coefficient (Wildman–Crippen LogP) is 0.478. The number of fused-ring (bicyclic) bond motifs is 1. The average molecular weight is 262 g/mol. The number of rotatable bonds is 2. The van der Waals surface area contributed by atoms with Gasteiger partial charge in [0.2, 0.25) is 0 Å². The molecule has 3 fully saturated rings. The molecular formula is C12H19FO5. The molecule has 5 atom stereocenters. The lowest BCUT2D eigenvalue weighted by atomic mass is 9.94. The molecule has 0 aromatic carbocycles. The van der Waals surface area contributed by atoms with Gasteiger partial charge in [-0.05, 0) is 12.8 Å². The number of aliphatic hydroxyl groups is 2. The first-order valence-electron chi connectivity index (χ1n) is 6.59. The van der Waals surface area contributed by atoms with Gasteiger partial charge in [0, 0.05) is 12.8 Å². The predicted molar refractivity (Wildman–Crippen MR) is 58.4 cm³/mol. The number of halogens is 1. The molecule has 1 aliphatic carbocycles. The van der Waals surface area contributed by atoms with Gasteiger partial charge < -0.3 is 24.4 Å². The van der Waals surface area contributed by atoms with Gasteiger partial charge in [-0.15, -0.1) is 0 Å². The number of hydrogen-bond donors (Lipinski definition) is 2. The van der Waals surface area contributed by atoms with E-state index >= 15 is 0 Å². The molecule has 0 bridgehead atoms. The van der Waals surface area contributed by atoms with Gasteiger partial charge >= 0.3 is 0 Å². The number of aliphatic hydroxyl groups excluding tert-OH is 2. The van der Waals surface area contributed by atoms with Gasteiger partial charge in [0.15, 0.2) is 18.2 Å². The summed E-state index contributed by atoms with van der Waals surface area (Å²) in [6.45, 7) is -0.532. The van der Waals surface area contributed by atoms with Gasteiger partial charge in [0.05, 0.1) is 6.61 Å². The Morgan fingerprint density at radius 1 is 1.22 bits per heavy atom. The summed E-state index contributed by atoms with van der Waals surface area (Å²) < 4.78 is 30.9. The van der Waals surface area contributed by atoms with Crippen molar-refractivity contribution >= 4 is 0 Å². The van der Waals surface area contributed by atoms with Crippen molar-refractivity contribution in [2.75, 3.05) is 6.61 Å². The zero-order valence-corrected chi connectivity index (χ0v) is 10.1. The zero-order valence-electron chi connectivity index (χ0n) is 10.1. The molecule has 1 saturated carbocycles. The van der Waals surface area contributed by atoms with Crippen LogP contribution in [0, 0.1) is 0 Å². The molecule has 2 saturated heterocycles. The van der Waals surface area contributed by atoms with Crippen molar-refractivity contribution in [3.63, 3.8) is 0 Å². The van der Waals surface area contributed by atoms with Crippen molar-refractivity contribution in [1.82, 2.24) is 0 Å². The fraction of sp³-hybridized carbons (Fsp3) is 1.00. The highest BCUT2D eigenvalue weighted by Crippen LogP contribution is 2.46. The summed E-state index contributed by atoms with van der Waals surface area (Å²) in [5.41, 5.74) is 0. The molecule has 0 amide bonds. The third kappa shape index (κ3) is 1.96. The minimum atomic E-state index is -1.46. The van der Waals surface area contributed by atoms with Crippen LogP contribution in [0.25, 0.3) is 0 Å². The Hall–Kier alpha value is -0.270. The lowest BCUT2D eigenvalue weighted by Crippen LogP contribution is -2.42. The van der Waals surface area contributed by atoms with E-state index in [1.165, 1.54) is 0 Å². The lowest BCUT2D eigenvalue weighted by Gasteiger charge is -2.33. The van der Waals surface area contributed by atoms with Crippen LogP contribution in [0.2, 0.25) is 0 Å². The van der Waals surface area contributed by atoms with Gasteiger partial charge in [-0.25, -0.2) is 4.39 Å². The maximum Gasteiger partial charge on any atom is 0.190 e. The van der Waals surface area contributed by atoms with Crippen LogP contribution in [-0.2, 0) is 14.2 Å². The van der Waals surface area contributed by atoms with Crippen LogP contribution in [-0.4, -0.2) is 53.4 Å². The molecular weight excluding hydrogens is 243 g/mol. The Morgan fingerprint density at radius 3 is 2.56 bits per heavy atom. The van der Waals surface area contributed by atoms with E-state index in [4.69, 9.17) is 19.3 Å². The van der Waals surface area contributed by atoms with Crippen molar-refractivity contribution in [3.8, 4) is 0 Å². The number of ether oxygens (including phenoxy) is 3. The van der Waals surface area contributed by atoms with Crippen LogP contribution < -0.4 is 0 Å². The Bertz CT molecular complexity index is 307. The largest absolute Gasteiger partial charge is 0.394 e. The van der Waals surface area contributed by atoms with Crippen LogP contribution in [0.1, 0.15) is 32.1 Å². The molecule has 0 aromatic rings.